The first-order chi connectivity index (χ1) is 11.4. The van der Waals surface area contributed by atoms with Gasteiger partial charge < -0.3 is 15.5 Å². The molecule has 2 rings (SSSR count). The van der Waals surface area contributed by atoms with Crippen molar-refractivity contribution in [3.05, 3.63) is 33.8 Å². The molecule has 24 heavy (non-hydrogen) atoms. The number of benzene rings is 1. The molecule has 0 spiro atoms. The summed E-state index contributed by atoms with van der Waals surface area (Å²) in [5.41, 5.74) is 0.837. The van der Waals surface area contributed by atoms with E-state index in [9.17, 15) is 9.59 Å². The Morgan fingerprint density at radius 3 is 2.54 bits per heavy atom. The molecule has 7 heteroatoms. The van der Waals surface area contributed by atoms with Crippen molar-refractivity contribution in [2.45, 2.75) is 32.2 Å². The van der Waals surface area contributed by atoms with E-state index in [1.54, 1.807) is 24.1 Å². The molecule has 0 aromatic heterocycles. The fraction of sp³-hybridized carbons (Fsp3) is 0.529. The number of urea groups is 1. The van der Waals surface area contributed by atoms with Crippen LogP contribution >= 0.6 is 23.2 Å². The number of carbonyl (C=O) groups excluding carboxylic acids is 2. The van der Waals surface area contributed by atoms with E-state index in [2.05, 4.69) is 10.6 Å². The van der Waals surface area contributed by atoms with Gasteiger partial charge in [0.15, 0.2) is 0 Å². The van der Waals surface area contributed by atoms with Crippen LogP contribution in [-0.4, -0.2) is 37.0 Å². The first-order valence-electron chi connectivity index (χ1n) is 8.11. The van der Waals surface area contributed by atoms with Crippen molar-refractivity contribution >= 4 is 35.1 Å². The molecular weight excluding hydrogens is 349 g/mol. The lowest BCUT2D eigenvalue weighted by atomic mass is 9.93. The molecule has 1 aromatic carbocycles. The lowest BCUT2D eigenvalue weighted by Crippen LogP contribution is -2.45. The fourth-order valence-electron chi connectivity index (χ4n) is 2.91. The molecule has 1 aliphatic heterocycles. The highest BCUT2D eigenvalue weighted by Gasteiger charge is 2.25. The largest absolute Gasteiger partial charge is 0.359 e. The van der Waals surface area contributed by atoms with Gasteiger partial charge >= 0.3 is 6.03 Å². The molecular formula is C17H23Cl2N3O2. The summed E-state index contributed by atoms with van der Waals surface area (Å²) >= 11 is 12.1. The van der Waals surface area contributed by atoms with Gasteiger partial charge in [-0.2, -0.15) is 0 Å². The maximum Gasteiger partial charge on any atom is 0.317 e. The van der Waals surface area contributed by atoms with E-state index < -0.39 is 0 Å². The minimum atomic E-state index is -0.203. The van der Waals surface area contributed by atoms with Crippen molar-refractivity contribution in [2.24, 2.45) is 5.92 Å². The highest BCUT2D eigenvalue weighted by molar-refractivity contribution is 6.35. The number of amides is 3. The van der Waals surface area contributed by atoms with Gasteiger partial charge in [0.2, 0.25) is 5.91 Å². The summed E-state index contributed by atoms with van der Waals surface area (Å²) in [7, 11) is 1.65. The van der Waals surface area contributed by atoms with Crippen LogP contribution in [0.5, 0.6) is 0 Å². The van der Waals surface area contributed by atoms with Crippen molar-refractivity contribution in [3.8, 4) is 0 Å². The Hall–Kier alpha value is -1.46. The molecule has 2 N–H and O–H groups in total. The number of rotatable bonds is 4. The van der Waals surface area contributed by atoms with Crippen LogP contribution in [0.2, 0.25) is 10.0 Å². The third-order valence-electron chi connectivity index (χ3n) is 4.42. The summed E-state index contributed by atoms with van der Waals surface area (Å²) in [5, 5.41) is 6.73. The molecule has 132 valence electrons. The molecule has 1 heterocycles. The van der Waals surface area contributed by atoms with Crippen LogP contribution < -0.4 is 10.6 Å². The average Bonchev–Trinajstić information content (AvgIpc) is 2.55. The molecule has 1 unspecified atom stereocenters. The molecule has 3 amide bonds. The zero-order valence-corrected chi connectivity index (χ0v) is 15.5. The minimum Gasteiger partial charge on any atom is -0.359 e. The predicted molar refractivity (Wildman–Crippen MR) is 96.4 cm³/mol. The van der Waals surface area contributed by atoms with Crippen molar-refractivity contribution in [2.75, 3.05) is 20.1 Å². The van der Waals surface area contributed by atoms with Gasteiger partial charge in [-0.05, 0) is 43.4 Å². The fourth-order valence-corrected chi connectivity index (χ4v) is 3.48. The van der Waals surface area contributed by atoms with E-state index in [1.165, 1.54) is 0 Å². The summed E-state index contributed by atoms with van der Waals surface area (Å²) in [6.07, 6.45) is 2.22. The maximum absolute atomic E-state index is 12.4. The molecule has 1 saturated heterocycles. The van der Waals surface area contributed by atoms with Gasteiger partial charge in [0.25, 0.3) is 0 Å². The van der Waals surface area contributed by atoms with E-state index in [0.29, 0.717) is 35.5 Å². The summed E-state index contributed by atoms with van der Waals surface area (Å²) in [6, 6.07) is 4.95. The molecule has 1 aromatic rings. The van der Waals surface area contributed by atoms with Gasteiger partial charge in [-0.1, -0.05) is 29.3 Å². The van der Waals surface area contributed by atoms with Crippen LogP contribution in [0.4, 0.5) is 4.79 Å². The Balaban J connectivity index is 1.86. The third kappa shape index (κ3) is 5.02. The molecule has 0 radical (unpaired) electrons. The van der Waals surface area contributed by atoms with E-state index in [4.69, 9.17) is 23.2 Å². The van der Waals surface area contributed by atoms with Crippen LogP contribution in [-0.2, 0) is 4.79 Å². The van der Waals surface area contributed by atoms with Gasteiger partial charge in [0, 0.05) is 36.6 Å². The predicted octanol–water partition coefficient (Wildman–Crippen LogP) is 3.61. The second kappa shape index (κ2) is 8.58. The van der Waals surface area contributed by atoms with E-state index in [1.807, 2.05) is 13.0 Å². The van der Waals surface area contributed by atoms with Crippen molar-refractivity contribution < 1.29 is 9.59 Å². The number of carbonyl (C=O) groups is 2. The minimum absolute atomic E-state index is 0.0592. The summed E-state index contributed by atoms with van der Waals surface area (Å²) in [6.45, 7) is 3.22. The number of piperidine rings is 1. The second-order valence-electron chi connectivity index (χ2n) is 6.14. The normalized spacial score (nSPS) is 16.6. The van der Waals surface area contributed by atoms with Crippen molar-refractivity contribution in [1.82, 2.24) is 15.5 Å². The maximum atomic E-state index is 12.4. The summed E-state index contributed by atoms with van der Waals surface area (Å²) < 4.78 is 0. The molecule has 0 aliphatic carbocycles. The van der Waals surface area contributed by atoms with Gasteiger partial charge in [-0.3, -0.25) is 4.79 Å². The zero-order valence-electron chi connectivity index (χ0n) is 13.9. The number of nitrogens with zero attached hydrogens (tertiary/aromatic N) is 1. The van der Waals surface area contributed by atoms with E-state index >= 15 is 0 Å². The Bertz CT molecular complexity index is 601. The van der Waals surface area contributed by atoms with Gasteiger partial charge in [0.1, 0.15) is 0 Å². The van der Waals surface area contributed by atoms with Crippen LogP contribution in [0.25, 0.3) is 0 Å². The zero-order chi connectivity index (χ0) is 17.7. The van der Waals surface area contributed by atoms with Gasteiger partial charge in [-0.15, -0.1) is 0 Å². The van der Waals surface area contributed by atoms with Crippen LogP contribution in [0, 0.1) is 5.92 Å². The number of likely N-dealkylation sites (tertiary alicyclic amines) is 1. The monoisotopic (exact) mass is 371 g/mol. The lowest BCUT2D eigenvalue weighted by Gasteiger charge is -2.32. The molecule has 1 aliphatic rings. The smallest absolute Gasteiger partial charge is 0.317 e. The summed E-state index contributed by atoms with van der Waals surface area (Å²) in [4.78, 5) is 25.6. The molecule has 1 atom stereocenters. The average molecular weight is 372 g/mol. The molecule has 0 saturated carbocycles. The molecule has 0 bridgehead atoms. The quantitative estimate of drug-likeness (QED) is 0.848. The van der Waals surface area contributed by atoms with Crippen LogP contribution in [0.3, 0.4) is 0 Å². The van der Waals surface area contributed by atoms with Crippen LogP contribution in [0.15, 0.2) is 18.2 Å². The number of hydrogen-bond acceptors (Lipinski definition) is 2. The topological polar surface area (TPSA) is 61.4 Å². The highest BCUT2D eigenvalue weighted by atomic mass is 35.5. The highest BCUT2D eigenvalue weighted by Crippen LogP contribution is 2.26. The van der Waals surface area contributed by atoms with Crippen LogP contribution in [0.1, 0.15) is 37.8 Å². The number of nitrogens with one attached hydrogen (secondary N) is 2. The Morgan fingerprint density at radius 2 is 1.96 bits per heavy atom. The molecule has 5 nitrogen and oxygen atoms in total. The lowest BCUT2D eigenvalue weighted by molar-refractivity contribution is -0.121. The summed E-state index contributed by atoms with van der Waals surface area (Å²) in [5.74, 6) is 0.404. The SMILES string of the molecule is CNC(=O)CC1CCN(C(=O)NC(C)c2ccc(Cl)cc2Cl)CC1. The number of halogens is 2. The first kappa shape index (κ1) is 18.9. The Kier molecular flexibility index (Phi) is 6.75. The van der Waals surface area contributed by atoms with Crippen molar-refractivity contribution in [3.63, 3.8) is 0 Å². The van der Waals surface area contributed by atoms with E-state index in [0.717, 1.165) is 18.4 Å². The standard InChI is InChI=1S/C17H23Cl2N3O2/c1-11(14-4-3-13(18)10-15(14)19)21-17(24)22-7-5-12(6-8-22)9-16(23)20-2/h3-4,10-12H,5-9H2,1-2H3,(H,20,23)(H,21,24). The molecule has 1 fully saturated rings. The first-order valence-corrected chi connectivity index (χ1v) is 8.87. The third-order valence-corrected chi connectivity index (χ3v) is 4.99. The van der Waals surface area contributed by atoms with Crippen molar-refractivity contribution in [1.29, 1.82) is 0 Å². The van der Waals surface area contributed by atoms with Gasteiger partial charge in [-0.25, -0.2) is 4.79 Å². The Morgan fingerprint density at radius 1 is 1.29 bits per heavy atom. The van der Waals surface area contributed by atoms with E-state index in [-0.39, 0.29) is 18.0 Å². The second-order valence-corrected chi connectivity index (χ2v) is 6.99. The Labute approximate surface area is 152 Å². The number of hydrogen-bond donors (Lipinski definition) is 2. The van der Waals surface area contributed by atoms with Gasteiger partial charge in [0.05, 0.1) is 6.04 Å².